The number of nitrogens with zero attached hydrogens (tertiary/aromatic N) is 1. The van der Waals surface area contributed by atoms with Crippen molar-refractivity contribution in [2.24, 2.45) is 0 Å². The molecule has 0 aliphatic rings. The highest BCUT2D eigenvalue weighted by Crippen LogP contribution is 2.19. The monoisotopic (exact) mass is 234 g/mol. The maximum atomic E-state index is 10.8. The second-order valence-electron chi connectivity index (χ2n) is 3.00. The number of methoxy groups -OCH3 is 1. The third-order valence-corrected chi connectivity index (χ3v) is 2.64. The molecule has 2 aromatic rings. The molecule has 0 aliphatic carbocycles. The van der Waals surface area contributed by atoms with Crippen molar-refractivity contribution in [2.75, 3.05) is 7.11 Å². The zero-order chi connectivity index (χ0) is 11.4. The number of H-pyrrole nitrogens is 1. The van der Waals surface area contributed by atoms with Crippen LogP contribution in [0.25, 0.3) is 11.0 Å². The molecule has 1 aromatic heterocycles. The molecule has 0 fully saturated rings. The van der Waals surface area contributed by atoms with Crippen LogP contribution in [0.15, 0.2) is 40.9 Å². The zero-order valence-corrected chi connectivity index (χ0v) is 9.45. The molecule has 0 unspecified atom stereocenters. The molecular formula is C11H10N2O2S. The van der Waals surface area contributed by atoms with E-state index < -0.39 is 0 Å². The molecule has 0 saturated carbocycles. The van der Waals surface area contributed by atoms with E-state index in [9.17, 15) is 4.79 Å². The van der Waals surface area contributed by atoms with Crippen LogP contribution in [-0.2, 0) is 9.53 Å². The smallest absolute Gasteiger partial charge is 0.330 e. The van der Waals surface area contributed by atoms with Gasteiger partial charge in [0, 0.05) is 6.08 Å². The molecule has 16 heavy (non-hydrogen) atoms. The Morgan fingerprint density at radius 3 is 3.06 bits per heavy atom. The van der Waals surface area contributed by atoms with E-state index in [1.54, 1.807) is 5.41 Å². The van der Waals surface area contributed by atoms with Crippen molar-refractivity contribution >= 4 is 28.8 Å². The van der Waals surface area contributed by atoms with E-state index in [-0.39, 0.29) is 5.97 Å². The molecule has 1 aromatic carbocycles. The number of rotatable bonds is 3. The van der Waals surface area contributed by atoms with Gasteiger partial charge < -0.3 is 9.72 Å². The highest BCUT2D eigenvalue weighted by atomic mass is 32.2. The maximum absolute atomic E-state index is 10.8. The highest BCUT2D eigenvalue weighted by molar-refractivity contribution is 8.02. The van der Waals surface area contributed by atoms with Crippen LogP contribution in [-0.4, -0.2) is 23.0 Å². The Bertz CT molecular complexity index is 501. The number of hydrogen-bond donors (Lipinski definition) is 1. The van der Waals surface area contributed by atoms with E-state index in [1.807, 2.05) is 24.3 Å². The minimum atomic E-state index is -0.372. The number of thioether (sulfide) groups is 1. The number of aromatic amines is 1. The summed E-state index contributed by atoms with van der Waals surface area (Å²) in [5, 5.41) is 2.39. The average Bonchev–Trinajstić information content (AvgIpc) is 2.71. The molecule has 2 rings (SSSR count). The number of hydrogen-bond acceptors (Lipinski definition) is 4. The van der Waals surface area contributed by atoms with E-state index in [1.165, 1.54) is 24.9 Å². The van der Waals surface area contributed by atoms with Gasteiger partial charge in [0.1, 0.15) is 0 Å². The lowest BCUT2D eigenvalue weighted by Gasteiger charge is -1.89. The van der Waals surface area contributed by atoms with E-state index in [0.717, 1.165) is 16.2 Å². The van der Waals surface area contributed by atoms with Crippen molar-refractivity contribution in [3.63, 3.8) is 0 Å². The quantitative estimate of drug-likeness (QED) is 0.503. The first-order valence-electron chi connectivity index (χ1n) is 4.65. The van der Waals surface area contributed by atoms with Gasteiger partial charge in [-0.15, -0.1) is 0 Å². The first kappa shape index (κ1) is 10.8. The molecule has 0 radical (unpaired) electrons. The second kappa shape index (κ2) is 4.85. The predicted octanol–water partition coefficient (Wildman–Crippen LogP) is 2.34. The molecular weight excluding hydrogens is 224 g/mol. The Balaban J connectivity index is 2.10. The molecule has 4 nitrogen and oxygen atoms in total. The van der Waals surface area contributed by atoms with Crippen molar-refractivity contribution in [2.45, 2.75) is 5.16 Å². The van der Waals surface area contributed by atoms with Crippen LogP contribution in [0.3, 0.4) is 0 Å². The number of carbonyl (C=O) groups is 1. The van der Waals surface area contributed by atoms with Gasteiger partial charge in [0.25, 0.3) is 0 Å². The molecule has 1 heterocycles. The van der Waals surface area contributed by atoms with Gasteiger partial charge in [-0.2, -0.15) is 0 Å². The average molecular weight is 234 g/mol. The third kappa shape index (κ3) is 2.43. The van der Waals surface area contributed by atoms with Crippen LogP contribution in [0.1, 0.15) is 0 Å². The Morgan fingerprint density at radius 1 is 1.50 bits per heavy atom. The Kier molecular flexibility index (Phi) is 3.26. The van der Waals surface area contributed by atoms with Crippen LogP contribution in [0.2, 0.25) is 0 Å². The Morgan fingerprint density at radius 2 is 2.31 bits per heavy atom. The van der Waals surface area contributed by atoms with Crippen LogP contribution in [0, 0.1) is 0 Å². The summed E-state index contributed by atoms with van der Waals surface area (Å²) in [7, 11) is 1.35. The van der Waals surface area contributed by atoms with Gasteiger partial charge in [0.05, 0.1) is 18.1 Å². The van der Waals surface area contributed by atoms with Crippen molar-refractivity contribution in [1.82, 2.24) is 9.97 Å². The van der Waals surface area contributed by atoms with E-state index >= 15 is 0 Å². The minimum Gasteiger partial charge on any atom is -0.466 e. The zero-order valence-electron chi connectivity index (χ0n) is 8.64. The van der Waals surface area contributed by atoms with Gasteiger partial charge in [-0.3, -0.25) is 0 Å². The predicted molar refractivity (Wildman–Crippen MR) is 63.1 cm³/mol. The van der Waals surface area contributed by atoms with Crippen molar-refractivity contribution in [1.29, 1.82) is 0 Å². The van der Waals surface area contributed by atoms with E-state index in [4.69, 9.17) is 0 Å². The lowest BCUT2D eigenvalue weighted by atomic mass is 10.3. The van der Waals surface area contributed by atoms with Gasteiger partial charge in [0.2, 0.25) is 0 Å². The number of aromatic nitrogens is 2. The standard InChI is InChI=1S/C11H10N2O2S/c1-15-10(14)6-7-16-11-12-8-4-2-3-5-9(8)13-11/h2-7H,1H3,(H,12,13). The number of imidazole rings is 1. The molecule has 0 bridgehead atoms. The number of carbonyl (C=O) groups excluding carboxylic acids is 1. The summed E-state index contributed by atoms with van der Waals surface area (Å²) >= 11 is 1.34. The number of ether oxygens (including phenoxy) is 1. The normalized spacial score (nSPS) is 11.1. The number of benzene rings is 1. The first-order chi connectivity index (χ1) is 7.79. The van der Waals surface area contributed by atoms with Gasteiger partial charge >= 0.3 is 5.97 Å². The number of fused-ring (bicyclic) bond motifs is 1. The third-order valence-electron chi connectivity index (χ3n) is 1.95. The summed E-state index contributed by atoms with van der Waals surface area (Å²) in [6.07, 6.45) is 1.36. The number of nitrogens with one attached hydrogen (secondary N) is 1. The lowest BCUT2D eigenvalue weighted by Crippen LogP contribution is -1.92. The minimum absolute atomic E-state index is 0.372. The van der Waals surface area contributed by atoms with Gasteiger partial charge in [-0.05, 0) is 17.5 Å². The Labute approximate surface area is 96.7 Å². The number of para-hydroxylation sites is 2. The summed E-state index contributed by atoms with van der Waals surface area (Å²) in [5.74, 6) is -0.372. The van der Waals surface area contributed by atoms with Crippen LogP contribution in [0.4, 0.5) is 0 Å². The molecule has 0 amide bonds. The van der Waals surface area contributed by atoms with Crippen molar-refractivity contribution in [3.8, 4) is 0 Å². The maximum Gasteiger partial charge on any atom is 0.330 e. The fourth-order valence-corrected chi connectivity index (χ4v) is 1.84. The fourth-order valence-electron chi connectivity index (χ4n) is 1.21. The SMILES string of the molecule is COC(=O)C=CSc1nc2ccccc2[nH]1. The molecule has 0 spiro atoms. The summed E-state index contributed by atoms with van der Waals surface area (Å²) in [6.45, 7) is 0. The lowest BCUT2D eigenvalue weighted by molar-refractivity contribution is -0.134. The van der Waals surface area contributed by atoms with Crippen molar-refractivity contribution < 1.29 is 9.53 Å². The number of esters is 1. The molecule has 82 valence electrons. The van der Waals surface area contributed by atoms with E-state index in [2.05, 4.69) is 14.7 Å². The first-order valence-corrected chi connectivity index (χ1v) is 5.53. The van der Waals surface area contributed by atoms with Crippen molar-refractivity contribution in [3.05, 3.63) is 35.7 Å². The van der Waals surface area contributed by atoms with Gasteiger partial charge in [-0.1, -0.05) is 23.9 Å². The summed E-state index contributed by atoms with van der Waals surface area (Å²) < 4.78 is 4.48. The van der Waals surface area contributed by atoms with Crippen LogP contribution >= 0.6 is 11.8 Å². The topological polar surface area (TPSA) is 55.0 Å². The highest BCUT2D eigenvalue weighted by Gasteiger charge is 2.00. The van der Waals surface area contributed by atoms with Crippen LogP contribution < -0.4 is 0 Å². The summed E-state index contributed by atoms with van der Waals surface area (Å²) in [4.78, 5) is 18.3. The molecule has 0 saturated heterocycles. The molecule has 1 N–H and O–H groups in total. The fraction of sp³-hybridized carbons (Fsp3) is 0.0909. The molecule has 0 aliphatic heterocycles. The molecule has 0 atom stereocenters. The van der Waals surface area contributed by atoms with Crippen LogP contribution in [0.5, 0.6) is 0 Å². The largest absolute Gasteiger partial charge is 0.466 e. The summed E-state index contributed by atoms with van der Waals surface area (Å²) in [6, 6.07) is 7.76. The second-order valence-corrected chi connectivity index (χ2v) is 3.90. The Hall–Kier alpha value is -1.75. The summed E-state index contributed by atoms with van der Waals surface area (Å²) in [5.41, 5.74) is 1.90. The molecule has 5 heteroatoms. The van der Waals surface area contributed by atoms with E-state index in [0.29, 0.717) is 0 Å². The van der Waals surface area contributed by atoms with Gasteiger partial charge in [0.15, 0.2) is 5.16 Å². The van der Waals surface area contributed by atoms with Gasteiger partial charge in [-0.25, -0.2) is 9.78 Å².